The Kier molecular flexibility index (Phi) is 7.17. The Morgan fingerprint density at radius 1 is 1.05 bits per heavy atom. The van der Waals surface area contributed by atoms with E-state index >= 15 is 0 Å². The lowest BCUT2D eigenvalue weighted by Crippen LogP contribution is -2.39. The first-order chi connectivity index (χ1) is 18.9. The number of hydrogen-bond donors (Lipinski definition) is 5. The van der Waals surface area contributed by atoms with Gasteiger partial charge >= 0.3 is 0 Å². The molecule has 1 aliphatic heterocycles. The highest BCUT2D eigenvalue weighted by molar-refractivity contribution is 5.99. The molecule has 39 heavy (non-hydrogen) atoms. The lowest BCUT2D eigenvalue weighted by Gasteiger charge is -2.19. The fourth-order valence-corrected chi connectivity index (χ4v) is 4.41. The van der Waals surface area contributed by atoms with Gasteiger partial charge in [0.25, 0.3) is 5.91 Å². The molecule has 1 aromatic heterocycles. The topological polar surface area (TPSA) is 134 Å². The molecule has 1 aliphatic rings. The number of fused-ring (bicyclic) bond motifs is 2. The van der Waals surface area contributed by atoms with Gasteiger partial charge in [-0.2, -0.15) is 0 Å². The second-order valence-corrected chi connectivity index (χ2v) is 8.97. The van der Waals surface area contributed by atoms with Gasteiger partial charge in [0.1, 0.15) is 12.0 Å². The van der Waals surface area contributed by atoms with Crippen molar-refractivity contribution >= 4 is 39.9 Å². The second kappa shape index (κ2) is 11.0. The van der Waals surface area contributed by atoms with Crippen LogP contribution in [0, 0.1) is 5.82 Å². The van der Waals surface area contributed by atoms with Gasteiger partial charge in [-0.15, -0.1) is 0 Å². The summed E-state index contributed by atoms with van der Waals surface area (Å²) in [5.41, 5.74) is 8.80. The summed E-state index contributed by atoms with van der Waals surface area (Å²) in [5, 5.41) is 14.1. The molecule has 0 aliphatic carbocycles. The van der Waals surface area contributed by atoms with E-state index in [1.165, 1.54) is 24.4 Å². The average molecular weight is 524 g/mol. The quantitative estimate of drug-likeness (QED) is 0.181. The van der Waals surface area contributed by atoms with E-state index in [1.807, 2.05) is 36.5 Å². The number of nitrogens with one attached hydrogen (secondary N) is 4. The number of carbonyl (C=O) groups is 2. The summed E-state index contributed by atoms with van der Waals surface area (Å²) in [5.74, 6) is -1.55. The van der Waals surface area contributed by atoms with E-state index in [0.717, 1.165) is 27.8 Å². The number of pyridine rings is 1. The van der Waals surface area contributed by atoms with Crippen LogP contribution in [0.1, 0.15) is 40.2 Å². The first-order valence-electron chi connectivity index (χ1n) is 12.2. The van der Waals surface area contributed by atoms with E-state index in [-0.39, 0.29) is 18.5 Å². The summed E-state index contributed by atoms with van der Waals surface area (Å²) < 4.78 is 14.0. The molecule has 4 aromatic rings. The van der Waals surface area contributed by atoms with Crippen LogP contribution in [0.3, 0.4) is 0 Å². The van der Waals surface area contributed by atoms with E-state index in [4.69, 9.17) is 5.73 Å². The molecule has 0 bridgehead atoms. The SMILES string of the molecule is C=CN=C(N)NC(=O)CC(NC(=O)c1ccc2c(c1)NC(c1cc3ccccc3cn1)N2)c1cccc(F)c1. The van der Waals surface area contributed by atoms with Crippen LogP contribution < -0.4 is 27.0 Å². The summed E-state index contributed by atoms with van der Waals surface area (Å²) in [7, 11) is 0. The predicted octanol–water partition coefficient (Wildman–Crippen LogP) is 4.35. The molecule has 2 amide bonds. The van der Waals surface area contributed by atoms with Crippen molar-refractivity contribution in [1.29, 1.82) is 0 Å². The lowest BCUT2D eigenvalue weighted by atomic mass is 10.0. The molecule has 6 N–H and O–H groups in total. The van der Waals surface area contributed by atoms with E-state index in [9.17, 15) is 14.0 Å². The molecule has 5 rings (SSSR count). The summed E-state index contributed by atoms with van der Waals surface area (Å²) in [6.45, 7) is 3.43. The Bertz CT molecular complexity index is 1600. The van der Waals surface area contributed by atoms with Crippen molar-refractivity contribution in [2.75, 3.05) is 10.6 Å². The summed E-state index contributed by atoms with van der Waals surface area (Å²) in [4.78, 5) is 34.1. The maximum atomic E-state index is 14.0. The fraction of sp³-hybridized carbons (Fsp3) is 0.103. The van der Waals surface area contributed by atoms with E-state index < -0.39 is 23.7 Å². The fourth-order valence-electron chi connectivity index (χ4n) is 4.41. The predicted molar refractivity (Wildman–Crippen MR) is 149 cm³/mol. The molecular formula is C29H26FN7O2. The van der Waals surface area contributed by atoms with Crippen molar-refractivity contribution in [2.24, 2.45) is 10.7 Å². The standard InChI is InChI=1S/C29H26FN7O2/c1-2-32-29(31)37-26(38)15-23(18-8-5-9-21(30)12-18)36-28(39)19-10-11-22-24(14-19)35-27(34-22)25-13-17-6-3-4-7-20(17)16-33-25/h2-14,16,23,27,34-35H,1,15H2,(H,36,39)(H3,31,32,37,38). The Hall–Kier alpha value is -5.25. The Morgan fingerprint density at radius 2 is 1.85 bits per heavy atom. The summed E-state index contributed by atoms with van der Waals surface area (Å²) >= 11 is 0. The smallest absolute Gasteiger partial charge is 0.251 e. The third kappa shape index (κ3) is 5.85. The third-order valence-electron chi connectivity index (χ3n) is 6.27. The summed E-state index contributed by atoms with van der Waals surface area (Å²) in [6, 6.07) is 20.1. The maximum absolute atomic E-state index is 14.0. The van der Waals surface area contributed by atoms with Gasteiger partial charge in [-0.1, -0.05) is 43.0 Å². The van der Waals surface area contributed by atoms with Crippen LogP contribution >= 0.6 is 0 Å². The zero-order valence-electron chi connectivity index (χ0n) is 20.8. The number of aromatic nitrogens is 1. The third-order valence-corrected chi connectivity index (χ3v) is 6.27. The minimum absolute atomic E-state index is 0.132. The number of nitrogens with zero attached hydrogens (tertiary/aromatic N) is 2. The number of nitrogens with two attached hydrogens (primary N) is 1. The lowest BCUT2D eigenvalue weighted by molar-refractivity contribution is -0.120. The molecule has 10 heteroatoms. The molecule has 0 fully saturated rings. The van der Waals surface area contributed by atoms with E-state index in [1.54, 1.807) is 24.3 Å². The Labute approximate surface area is 224 Å². The van der Waals surface area contributed by atoms with Crippen molar-refractivity contribution in [1.82, 2.24) is 15.6 Å². The number of rotatable bonds is 7. The van der Waals surface area contributed by atoms with Crippen LogP contribution in [0.15, 0.2) is 96.8 Å². The van der Waals surface area contributed by atoms with Crippen LogP contribution in [0.4, 0.5) is 15.8 Å². The van der Waals surface area contributed by atoms with Gasteiger partial charge in [0, 0.05) is 23.3 Å². The van der Waals surface area contributed by atoms with Gasteiger partial charge in [-0.05, 0) is 47.3 Å². The van der Waals surface area contributed by atoms with E-state index in [0.29, 0.717) is 11.1 Å². The van der Waals surface area contributed by atoms with Gasteiger partial charge < -0.3 is 21.7 Å². The largest absolute Gasteiger partial charge is 0.369 e. The number of benzene rings is 3. The van der Waals surface area contributed by atoms with Crippen molar-refractivity contribution in [3.8, 4) is 0 Å². The monoisotopic (exact) mass is 523 g/mol. The number of halogens is 1. The van der Waals surface area contributed by atoms with Crippen molar-refractivity contribution < 1.29 is 14.0 Å². The first-order valence-corrected chi connectivity index (χ1v) is 12.2. The highest BCUT2D eigenvalue weighted by Crippen LogP contribution is 2.36. The summed E-state index contributed by atoms with van der Waals surface area (Å²) in [6.07, 6.45) is 2.56. The molecule has 9 nitrogen and oxygen atoms in total. The maximum Gasteiger partial charge on any atom is 0.251 e. The number of aliphatic imine (C=N–C) groups is 1. The molecule has 2 unspecified atom stereocenters. The molecule has 3 aromatic carbocycles. The zero-order valence-corrected chi connectivity index (χ0v) is 20.8. The van der Waals surface area contributed by atoms with Gasteiger partial charge in [-0.3, -0.25) is 19.9 Å². The van der Waals surface area contributed by atoms with E-state index in [2.05, 4.69) is 37.8 Å². The van der Waals surface area contributed by atoms with Crippen molar-refractivity contribution in [3.05, 3.63) is 114 Å². The minimum Gasteiger partial charge on any atom is -0.369 e. The van der Waals surface area contributed by atoms with Gasteiger partial charge in [-0.25, -0.2) is 9.38 Å². The first kappa shape index (κ1) is 25.4. The molecule has 0 saturated heterocycles. The molecular weight excluding hydrogens is 497 g/mol. The van der Waals surface area contributed by atoms with Crippen molar-refractivity contribution in [2.45, 2.75) is 18.6 Å². The normalized spacial score (nSPS) is 15.0. The number of guanidine groups is 1. The van der Waals surface area contributed by atoms with Gasteiger partial charge in [0.2, 0.25) is 5.91 Å². The molecule has 2 atom stereocenters. The Morgan fingerprint density at radius 3 is 2.64 bits per heavy atom. The average Bonchev–Trinajstić information content (AvgIpc) is 3.36. The molecule has 0 radical (unpaired) electrons. The number of carbonyl (C=O) groups excluding carboxylic acids is 2. The van der Waals surface area contributed by atoms with Crippen LogP contribution in [0.25, 0.3) is 10.8 Å². The molecule has 2 heterocycles. The van der Waals surface area contributed by atoms with Crippen LogP contribution in [-0.4, -0.2) is 22.8 Å². The number of amides is 2. The number of hydrogen-bond acceptors (Lipinski definition) is 6. The van der Waals surface area contributed by atoms with Crippen LogP contribution in [-0.2, 0) is 4.79 Å². The highest BCUT2D eigenvalue weighted by atomic mass is 19.1. The van der Waals surface area contributed by atoms with Crippen LogP contribution in [0.2, 0.25) is 0 Å². The zero-order chi connectivity index (χ0) is 27.4. The highest BCUT2D eigenvalue weighted by Gasteiger charge is 2.25. The second-order valence-electron chi connectivity index (χ2n) is 8.97. The molecule has 0 spiro atoms. The molecule has 0 saturated carbocycles. The Balaban J connectivity index is 1.32. The minimum atomic E-state index is -0.821. The number of anilines is 2. The van der Waals surface area contributed by atoms with Crippen LogP contribution in [0.5, 0.6) is 0 Å². The van der Waals surface area contributed by atoms with Crippen molar-refractivity contribution in [3.63, 3.8) is 0 Å². The van der Waals surface area contributed by atoms with Gasteiger partial charge in [0.05, 0.1) is 29.5 Å². The van der Waals surface area contributed by atoms with Gasteiger partial charge in [0.15, 0.2) is 5.96 Å². The molecule has 196 valence electrons.